The van der Waals surface area contributed by atoms with E-state index >= 15 is 0 Å². The van der Waals surface area contributed by atoms with Crippen LogP contribution in [0.25, 0.3) is 0 Å². The lowest BCUT2D eigenvalue weighted by Gasteiger charge is -2.17. The molecule has 0 aliphatic carbocycles. The maximum Gasteiger partial charge on any atom is 0.338 e. The van der Waals surface area contributed by atoms with Gasteiger partial charge >= 0.3 is 11.9 Å². The summed E-state index contributed by atoms with van der Waals surface area (Å²) in [7, 11) is 0. The highest BCUT2D eigenvalue weighted by Crippen LogP contribution is 2.25. The highest BCUT2D eigenvalue weighted by molar-refractivity contribution is 5.89. The summed E-state index contributed by atoms with van der Waals surface area (Å²) in [5.74, 6) is -2.42. The molecule has 0 saturated carbocycles. The van der Waals surface area contributed by atoms with Crippen molar-refractivity contribution in [2.24, 2.45) is 5.73 Å². The average molecular weight is 414 g/mol. The van der Waals surface area contributed by atoms with Gasteiger partial charge in [0.2, 0.25) is 0 Å². The van der Waals surface area contributed by atoms with Gasteiger partial charge in [-0.25, -0.2) is 9.18 Å². The minimum Gasteiger partial charge on any atom is -0.504 e. The number of phenolic OH excluding ortho intramolecular Hbond substituents is 2. The van der Waals surface area contributed by atoms with E-state index < -0.39 is 29.9 Å². The summed E-state index contributed by atoms with van der Waals surface area (Å²) < 4.78 is 23.0. The summed E-state index contributed by atoms with van der Waals surface area (Å²) in [6.07, 6.45) is -0.643. The molecular formula is C19H21ClFNO6. The number of esters is 2. The standard InChI is InChI=1S/C19H20FNO6.ClH/c1-11(10-26-18(24)13-3-5-14(20)6-4-13)27-19(25)15(21)8-12-2-7-16(22)17(23)9-12;/h2-7,9,11,15,22-23H,8,10,21H2,1H3;1H/t11-,15-;/m0./s1. The summed E-state index contributed by atoms with van der Waals surface area (Å²) in [6.45, 7) is 1.35. The summed E-state index contributed by atoms with van der Waals surface area (Å²) in [5.41, 5.74) is 6.51. The fraction of sp³-hybridized carbons (Fsp3) is 0.263. The molecule has 2 aromatic carbocycles. The fourth-order valence-electron chi connectivity index (χ4n) is 2.22. The van der Waals surface area contributed by atoms with Crippen molar-refractivity contribution in [3.8, 4) is 11.5 Å². The Labute approximate surface area is 167 Å². The van der Waals surface area contributed by atoms with Crippen LogP contribution in [-0.4, -0.2) is 40.9 Å². The predicted octanol–water partition coefficient (Wildman–Crippen LogP) is 2.32. The number of phenols is 2. The Balaban J connectivity index is 0.00000392. The van der Waals surface area contributed by atoms with E-state index in [4.69, 9.17) is 15.2 Å². The maximum atomic E-state index is 12.8. The fourth-order valence-corrected chi connectivity index (χ4v) is 2.22. The van der Waals surface area contributed by atoms with Crippen LogP contribution in [0.15, 0.2) is 42.5 Å². The van der Waals surface area contributed by atoms with Crippen LogP contribution in [0.2, 0.25) is 0 Å². The Morgan fingerprint density at radius 3 is 2.36 bits per heavy atom. The molecule has 0 unspecified atom stereocenters. The zero-order chi connectivity index (χ0) is 20.0. The summed E-state index contributed by atoms with van der Waals surface area (Å²) in [6, 6.07) is 7.98. The molecule has 7 nitrogen and oxygen atoms in total. The van der Waals surface area contributed by atoms with Crippen molar-refractivity contribution in [2.75, 3.05) is 6.61 Å². The number of halogens is 2. The number of aromatic hydroxyl groups is 2. The van der Waals surface area contributed by atoms with Crippen molar-refractivity contribution in [2.45, 2.75) is 25.5 Å². The molecule has 0 spiro atoms. The first-order chi connectivity index (χ1) is 12.8. The van der Waals surface area contributed by atoms with E-state index in [0.717, 1.165) is 12.1 Å². The van der Waals surface area contributed by atoms with E-state index in [-0.39, 0.29) is 42.5 Å². The van der Waals surface area contributed by atoms with Gasteiger partial charge in [0.05, 0.1) is 5.56 Å². The first-order valence-electron chi connectivity index (χ1n) is 8.16. The van der Waals surface area contributed by atoms with Crippen molar-refractivity contribution >= 4 is 24.3 Å². The van der Waals surface area contributed by atoms with Crippen molar-refractivity contribution < 1.29 is 33.7 Å². The van der Waals surface area contributed by atoms with Crippen molar-refractivity contribution in [1.82, 2.24) is 0 Å². The van der Waals surface area contributed by atoms with Gasteiger partial charge < -0.3 is 25.4 Å². The number of hydrogen-bond donors (Lipinski definition) is 3. The van der Waals surface area contributed by atoms with Crippen LogP contribution in [0.1, 0.15) is 22.8 Å². The van der Waals surface area contributed by atoms with Crippen LogP contribution in [-0.2, 0) is 20.7 Å². The molecule has 0 amide bonds. The first kappa shape index (κ1) is 23.2. The van der Waals surface area contributed by atoms with Crippen LogP contribution in [0, 0.1) is 5.82 Å². The number of benzene rings is 2. The molecule has 0 aliphatic rings. The van der Waals surface area contributed by atoms with E-state index in [1.165, 1.54) is 37.3 Å². The normalized spacial score (nSPS) is 12.4. The Kier molecular flexibility index (Phi) is 8.69. The van der Waals surface area contributed by atoms with Gasteiger partial charge in [0.1, 0.15) is 24.6 Å². The van der Waals surface area contributed by atoms with E-state index in [0.29, 0.717) is 5.56 Å². The molecule has 0 aromatic heterocycles. The Morgan fingerprint density at radius 2 is 1.75 bits per heavy atom. The molecule has 0 radical (unpaired) electrons. The molecule has 28 heavy (non-hydrogen) atoms. The average Bonchev–Trinajstić information content (AvgIpc) is 2.63. The van der Waals surface area contributed by atoms with Gasteiger partial charge in [-0.1, -0.05) is 6.07 Å². The minimum atomic E-state index is -0.996. The highest BCUT2D eigenvalue weighted by atomic mass is 35.5. The second kappa shape index (κ2) is 10.5. The lowest BCUT2D eigenvalue weighted by molar-refractivity contribution is -0.151. The quantitative estimate of drug-likeness (QED) is 0.470. The van der Waals surface area contributed by atoms with Crippen LogP contribution in [0.5, 0.6) is 11.5 Å². The van der Waals surface area contributed by atoms with Crippen molar-refractivity contribution in [1.29, 1.82) is 0 Å². The monoisotopic (exact) mass is 413 g/mol. The molecule has 0 fully saturated rings. The SMILES string of the molecule is C[C@@H](COC(=O)c1ccc(F)cc1)OC(=O)[C@@H](N)Cc1ccc(O)c(O)c1.Cl. The molecule has 4 N–H and O–H groups in total. The van der Waals surface area contributed by atoms with Gasteiger partial charge in [-0.05, 0) is 55.3 Å². The smallest absolute Gasteiger partial charge is 0.338 e. The van der Waals surface area contributed by atoms with Gasteiger partial charge in [-0.3, -0.25) is 4.79 Å². The van der Waals surface area contributed by atoms with Gasteiger partial charge in [-0.2, -0.15) is 0 Å². The maximum absolute atomic E-state index is 12.8. The van der Waals surface area contributed by atoms with E-state index in [2.05, 4.69) is 0 Å². The molecule has 2 atom stereocenters. The topological polar surface area (TPSA) is 119 Å². The lowest BCUT2D eigenvalue weighted by atomic mass is 10.1. The molecule has 9 heteroatoms. The molecule has 2 aromatic rings. The zero-order valence-electron chi connectivity index (χ0n) is 15.0. The minimum absolute atomic E-state index is 0. The number of carbonyl (C=O) groups excluding carboxylic acids is 2. The van der Waals surface area contributed by atoms with E-state index in [1.54, 1.807) is 0 Å². The predicted molar refractivity (Wildman–Crippen MR) is 101 cm³/mol. The second-order valence-corrected chi connectivity index (χ2v) is 5.99. The van der Waals surface area contributed by atoms with Crippen molar-refractivity contribution in [3.05, 3.63) is 59.4 Å². The van der Waals surface area contributed by atoms with Gasteiger partial charge in [0, 0.05) is 0 Å². The van der Waals surface area contributed by atoms with Crippen LogP contribution in [0.4, 0.5) is 4.39 Å². The Morgan fingerprint density at radius 1 is 1.11 bits per heavy atom. The third kappa shape index (κ3) is 6.71. The number of hydrogen-bond acceptors (Lipinski definition) is 7. The third-order valence-electron chi connectivity index (χ3n) is 3.64. The molecule has 2 rings (SSSR count). The Hall–Kier alpha value is -2.84. The van der Waals surface area contributed by atoms with Crippen LogP contribution in [0.3, 0.4) is 0 Å². The van der Waals surface area contributed by atoms with Crippen LogP contribution >= 0.6 is 12.4 Å². The number of nitrogens with two attached hydrogens (primary N) is 1. The molecule has 0 bridgehead atoms. The Bertz CT molecular complexity index is 815. The lowest BCUT2D eigenvalue weighted by Crippen LogP contribution is -2.37. The first-order valence-corrected chi connectivity index (χ1v) is 8.16. The largest absolute Gasteiger partial charge is 0.504 e. The van der Waals surface area contributed by atoms with E-state index in [1.807, 2.05) is 0 Å². The summed E-state index contributed by atoms with van der Waals surface area (Å²) in [4.78, 5) is 23.8. The van der Waals surface area contributed by atoms with Gasteiger partial charge in [-0.15, -0.1) is 12.4 Å². The number of ether oxygens (including phenoxy) is 2. The van der Waals surface area contributed by atoms with Gasteiger partial charge in [0.25, 0.3) is 0 Å². The number of rotatable bonds is 7. The van der Waals surface area contributed by atoms with Crippen molar-refractivity contribution in [3.63, 3.8) is 0 Å². The summed E-state index contributed by atoms with van der Waals surface area (Å²) in [5, 5.41) is 18.7. The van der Waals surface area contributed by atoms with Gasteiger partial charge in [0.15, 0.2) is 11.5 Å². The molecule has 0 saturated heterocycles. The molecular weight excluding hydrogens is 393 g/mol. The van der Waals surface area contributed by atoms with E-state index in [9.17, 15) is 24.2 Å². The third-order valence-corrected chi connectivity index (χ3v) is 3.64. The van der Waals surface area contributed by atoms with Crippen LogP contribution < -0.4 is 5.73 Å². The second-order valence-electron chi connectivity index (χ2n) is 5.99. The molecule has 0 heterocycles. The highest BCUT2D eigenvalue weighted by Gasteiger charge is 2.20. The molecule has 0 aliphatic heterocycles. The molecule has 152 valence electrons. The number of carbonyl (C=O) groups is 2. The summed E-state index contributed by atoms with van der Waals surface area (Å²) >= 11 is 0. The zero-order valence-corrected chi connectivity index (χ0v) is 15.8.